The first kappa shape index (κ1) is 16.7. The van der Waals surface area contributed by atoms with Crippen LogP contribution >= 0.6 is 24.2 Å². The van der Waals surface area contributed by atoms with Crippen molar-refractivity contribution in [2.24, 2.45) is 0 Å². The van der Waals surface area contributed by atoms with Crippen LogP contribution in [0.4, 0.5) is 0 Å². The second kappa shape index (κ2) is 9.51. The van der Waals surface area contributed by atoms with E-state index in [1.54, 1.807) is 0 Å². The number of ether oxygens (including phenoxy) is 1. The largest absolute Gasteiger partial charge is 0.494 e. The summed E-state index contributed by atoms with van der Waals surface area (Å²) in [4.78, 5) is 2.55. The molecular weight excluding hydrogens is 278 g/mol. The molecule has 1 aliphatic rings. The molecule has 2 nitrogen and oxygen atoms in total. The van der Waals surface area contributed by atoms with Gasteiger partial charge in [-0.05, 0) is 44.9 Å². The lowest BCUT2D eigenvalue weighted by Crippen LogP contribution is -2.20. The molecule has 1 heterocycles. The highest BCUT2D eigenvalue weighted by atomic mass is 35.5. The van der Waals surface area contributed by atoms with E-state index in [0.29, 0.717) is 0 Å². The van der Waals surface area contributed by atoms with Crippen molar-refractivity contribution < 1.29 is 4.74 Å². The third kappa shape index (κ3) is 6.55. The average Bonchev–Trinajstić information content (AvgIpc) is 2.89. The molecule has 1 aromatic rings. The van der Waals surface area contributed by atoms with Crippen LogP contribution in [0.25, 0.3) is 0 Å². The highest BCUT2D eigenvalue weighted by Gasteiger charge is 2.10. The Kier molecular flexibility index (Phi) is 8.35. The monoisotopic (exact) mass is 301 g/mol. The molecule has 0 aliphatic carbocycles. The van der Waals surface area contributed by atoms with Gasteiger partial charge in [-0.1, -0.05) is 17.7 Å². The molecule has 1 fully saturated rings. The summed E-state index contributed by atoms with van der Waals surface area (Å²) in [7, 11) is 0. The standard InChI is InChI=1S/C15H23NOS.ClH/c1-14-5-7-15(8-6-14)17-11-4-2-3-9-16-10-12-18-13-16;/h5-8H,2-4,9-13H2,1H3;1H. The summed E-state index contributed by atoms with van der Waals surface area (Å²) in [5.74, 6) is 3.55. The third-order valence-corrected chi connectivity index (χ3v) is 4.25. The number of benzene rings is 1. The van der Waals surface area contributed by atoms with Crippen LogP contribution in [-0.2, 0) is 0 Å². The van der Waals surface area contributed by atoms with Crippen molar-refractivity contribution in [3.8, 4) is 5.75 Å². The molecule has 4 heteroatoms. The lowest BCUT2D eigenvalue weighted by molar-refractivity contribution is 0.294. The Hall–Kier alpha value is -0.380. The number of unbranched alkanes of at least 4 members (excludes halogenated alkanes) is 2. The number of hydrogen-bond acceptors (Lipinski definition) is 3. The Morgan fingerprint density at radius 3 is 2.63 bits per heavy atom. The van der Waals surface area contributed by atoms with Crippen LogP contribution in [-0.4, -0.2) is 36.2 Å². The number of rotatable bonds is 7. The predicted molar refractivity (Wildman–Crippen MR) is 86.7 cm³/mol. The number of hydrogen-bond donors (Lipinski definition) is 0. The molecule has 19 heavy (non-hydrogen) atoms. The van der Waals surface area contributed by atoms with Crippen LogP contribution in [0, 0.1) is 6.92 Å². The van der Waals surface area contributed by atoms with Gasteiger partial charge in [-0.2, -0.15) is 0 Å². The molecule has 0 bridgehead atoms. The molecular formula is C15H24ClNOS. The second-order valence-corrected chi connectivity index (χ2v) is 5.95. The molecule has 108 valence electrons. The smallest absolute Gasteiger partial charge is 0.119 e. The minimum atomic E-state index is 0. The van der Waals surface area contributed by atoms with Gasteiger partial charge in [0.05, 0.1) is 6.61 Å². The van der Waals surface area contributed by atoms with Crippen molar-refractivity contribution in [2.45, 2.75) is 26.2 Å². The van der Waals surface area contributed by atoms with Gasteiger partial charge in [-0.15, -0.1) is 24.2 Å². The van der Waals surface area contributed by atoms with E-state index in [1.807, 2.05) is 0 Å². The number of aryl methyl sites for hydroxylation is 1. The maximum Gasteiger partial charge on any atom is 0.119 e. The SMILES string of the molecule is Cc1ccc(OCCCCCN2CCSC2)cc1.Cl. The highest BCUT2D eigenvalue weighted by molar-refractivity contribution is 7.99. The van der Waals surface area contributed by atoms with Crippen molar-refractivity contribution >= 4 is 24.2 Å². The first-order chi connectivity index (χ1) is 8.84. The summed E-state index contributed by atoms with van der Waals surface area (Å²) in [5, 5.41) is 0. The second-order valence-electron chi connectivity index (χ2n) is 4.88. The van der Waals surface area contributed by atoms with E-state index < -0.39 is 0 Å². The summed E-state index contributed by atoms with van der Waals surface area (Å²) in [6, 6.07) is 8.30. The summed E-state index contributed by atoms with van der Waals surface area (Å²) in [6.07, 6.45) is 3.74. The Morgan fingerprint density at radius 1 is 1.16 bits per heavy atom. The molecule has 0 unspecified atom stereocenters. The molecule has 2 rings (SSSR count). The van der Waals surface area contributed by atoms with Crippen molar-refractivity contribution in [3.05, 3.63) is 29.8 Å². The fourth-order valence-electron chi connectivity index (χ4n) is 2.07. The number of thioether (sulfide) groups is 1. The molecule has 0 atom stereocenters. The van der Waals surface area contributed by atoms with Crippen molar-refractivity contribution in [3.63, 3.8) is 0 Å². The number of nitrogens with zero attached hydrogens (tertiary/aromatic N) is 1. The van der Waals surface area contributed by atoms with Gasteiger partial charge in [0, 0.05) is 18.2 Å². The van der Waals surface area contributed by atoms with E-state index in [9.17, 15) is 0 Å². The van der Waals surface area contributed by atoms with Gasteiger partial charge in [0.15, 0.2) is 0 Å². The molecule has 0 N–H and O–H groups in total. The van der Waals surface area contributed by atoms with Gasteiger partial charge in [0.25, 0.3) is 0 Å². The summed E-state index contributed by atoms with van der Waals surface area (Å²) in [6.45, 7) is 5.49. The number of halogens is 1. The van der Waals surface area contributed by atoms with Gasteiger partial charge < -0.3 is 4.74 Å². The summed E-state index contributed by atoms with van der Waals surface area (Å²) in [5.41, 5.74) is 1.28. The van der Waals surface area contributed by atoms with Crippen LogP contribution in [0.5, 0.6) is 5.75 Å². The van der Waals surface area contributed by atoms with Gasteiger partial charge >= 0.3 is 0 Å². The molecule has 0 aromatic heterocycles. The van der Waals surface area contributed by atoms with Crippen LogP contribution < -0.4 is 4.74 Å². The zero-order chi connectivity index (χ0) is 12.6. The van der Waals surface area contributed by atoms with Crippen LogP contribution in [0.2, 0.25) is 0 Å². The van der Waals surface area contributed by atoms with E-state index in [1.165, 1.54) is 43.1 Å². The van der Waals surface area contributed by atoms with Crippen molar-refractivity contribution in [1.82, 2.24) is 4.90 Å². The Bertz CT molecular complexity index is 339. The molecule has 0 saturated carbocycles. The van der Waals surface area contributed by atoms with Crippen molar-refractivity contribution in [1.29, 1.82) is 0 Å². The Labute approximate surface area is 127 Å². The Morgan fingerprint density at radius 2 is 1.95 bits per heavy atom. The molecule has 1 aromatic carbocycles. The van der Waals surface area contributed by atoms with Crippen LogP contribution in [0.15, 0.2) is 24.3 Å². The van der Waals surface area contributed by atoms with Gasteiger partial charge in [-0.3, -0.25) is 4.90 Å². The lowest BCUT2D eigenvalue weighted by Gasteiger charge is -2.13. The highest BCUT2D eigenvalue weighted by Crippen LogP contribution is 2.14. The topological polar surface area (TPSA) is 12.5 Å². The Balaban J connectivity index is 0.00000180. The maximum atomic E-state index is 5.72. The van der Waals surface area contributed by atoms with Gasteiger partial charge in [0.1, 0.15) is 5.75 Å². The minimum Gasteiger partial charge on any atom is -0.494 e. The quantitative estimate of drug-likeness (QED) is 0.707. The van der Waals surface area contributed by atoms with E-state index >= 15 is 0 Å². The molecule has 0 amide bonds. The van der Waals surface area contributed by atoms with Gasteiger partial charge in [-0.25, -0.2) is 0 Å². The van der Waals surface area contributed by atoms with Crippen LogP contribution in [0.3, 0.4) is 0 Å². The van der Waals surface area contributed by atoms with E-state index in [-0.39, 0.29) is 12.4 Å². The summed E-state index contributed by atoms with van der Waals surface area (Å²) < 4.78 is 5.72. The molecule has 0 spiro atoms. The summed E-state index contributed by atoms with van der Waals surface area (Å²) >= 11 is 2.05. The van der Waals surface area contributed by atoms with E-state index in [2.05, 4.69) is 47.9 Å². The lowest BCUT2D eigenvalue weighted by atomic mass is 10.2. The molecule has 0 radical (unpaired) electrons. The third-order valence-electron chi connectivity index (χ3n) is 3.23. The van der Waals surface area contributed by atoms with Crippen LogP contribution in [0.1, 0.15) is 24.8 Å². The maximum absolute atomic E-state index is 5.72. The van der Waals surface area contributed by atoms with Gasteiger partial charge in [0.2, 0.25) is 0 Å². The predicted octanol–water partition coefficient (Wildman–Crippen LogP) is 3.97. The average molecular weight is 302 g/mol. The first-order valence-electron chi connectivity index (χ1n) is 6.84. The molecule has 1 aliphatic heterocycles. The normalized spacial score (nSPS) is 15.2. The minimum absolute atomic E-state index is 0. The zero-order valence-electron chi connectivity index (χ0n) is 11.6. The van der Waals surface area contributed by atoms with Crippen molar-refractivity contribution in [2.75, 3.05) is 31.3 Å². The van der Waals surface area contributed by atoms with E-state index in [4.69, 9.17) is 4.74 Å². The van der Waals surface area contributed by atoms with E-state index in [0.717, 1.165) is 18.8 Å². The fourth-order valence-corrected chi connectivity index (χ4v) is 3.10. The fraction of sp³-hybridized carbons (Fsp3) is 0.600. The molecule has 1 saturated heterocycles. The first-order valence-corrected chi connectivity index (χ1v) is 7.99. The zero-order valence-corrected chi connectivity index (χ0v) is 13.3.